The van der Waals surface area contributed by atoms with Gasteiger partial charge in [0.05, 0.1) is 6.54 Å². The SMILES string of the molecule is O=C(NCc1csc(=O)[nH]1)Nc1ccc(C(=O)O)c(O)c1. The third kappa shape index (κ3) is 3.83. The molecule has 21 heavy (non-hydrogen) atoms. The number of nitrogens with one attached hydrogen (secondary N) is 3. The predicted octanol–water partition coefficient (Wildman–Crippen LogP) is 1.16. The van der Waals surface area contributed by atoms with Crippen LogP contribution in [0.3, 0.4) is 0 Å². The molecule has 1 aromatic carbocycles. The summed E-state index contributed by atoms with van der Waals surface area (Å²) >= 11 is 0.995. The summed E-state index contributed by atoms with van der Waals surface area (Å²) in [5.41, 5.74) is 0.565. The Bertz CT molecular complexity index is 736. The normalized spacial score (nSPS) is 10.1. The van der Waals surface area contributed by atoms with Crippen molar-refractivity contribution >= 4 is 29.0 Å². The fourth-order valence-electron chi connectivity index (χ4n) is 1.54. The second-order valence-corrected chi connectivity index (χ2v) is 4.86. The number of rotatable bonds is 4. The highest BCUT2D eigenvalue weighted by atomic mass is 32.1. The zero-order valence-corrected chi connectivity index (χ0v) is 11.4. The van der Waals surface area contributed by atoms with E-state index < -0.39 is 17.7 Å². The Labute approximate surface area is 122 Å². The van der Waals surface area contributed by atoms with Gasteiger partial charge in [0, 0.05) is 22.8 Å². The lowest BCUT2D eigenvalue weighted by atomic mass is 10.2. The Morgan fingerprint density at radius 2 is 2.10 bits per heavy atom. The molecular formula is C12H11N3O5S. The van der Waals surface area contributed by atoms with Gasteiger partial charge in [0.25, 0.3) is 0 Å². The number of H-pyrrole nitrogens is 1. The monoisotopic (exact) mass is 309 g/mol. The molecule has 0 spiro atoms. The number of carbonyl (C=O) groups is 2. The van der Waals surface area contributed by atoms with Crippen molar-refractivity contribution in [3.63, 3.8) is 0 Å². The van der Waals surface area contributed by atoms with Crippen LogP contribution in [-0.4, -0.2) is 27.2 Å². The summed E-state index contributed by atoms with van der Waals surface area (Å²) in [5, 5.41) is 24.8. The van der Waals surface area contributed by atoms with Gasteiger partial charge < -0.3 is 25.8 Å². The molecule has 2 aromatic rings. The molecular weight excluding hydrogens is 298 g/mol. The van der Waals surface area contributed by atoms with Crippen molar-refractivity contribution in [1.82, 2.24) is 10.3 Å². The first kappa shape index (κ1) is 14.6. The lowest BCUT2D eigenvalue weighted by molar-refractivity contribution is 0.0694. The van der Waals surface area contributed by atoms with Crippen molar-refractivity contribution in [2.75, 3.05) is 5.32 Å². The van der Waals surface area contributed by atoms with Crippen molar-refractivity contribution in [2.24, 2.45) is 0 Å². The van der Waals surface area contributed by atoms with E-state index in [9.17, 15) is 19.5 Å². The average Bonchev–Trinajstić information content (AvgIpc) is 2.82. The zero-order valence-electron chi connectivity index (χ0n) is 10.5. The van der Waals surface area contributed by atoms with Crippen molar-refractivity contribution < 1.29 is 19.8 Å². The van der Waals surface area contributed by atoms with E-state index in [1.54, 1.807) is 5.38 Å². The summed E-state index contributed by atoms with van der Waals surface area (Å²) in [4.78, 5) is 35.6. The van der Waals surface area contributed by atoms with E-state index in [4.69, 9.17) is 5.11 Å². The fourth-order valence-corrected chi connectivity index (χ4v) is 2.12. The van der Waals surface area contributed by atoms with Crippen LogP contribution in [0.5, 0.6) is 5.75 Å². The molecule has 1 heterocycles. The van der Waals surface area contributed by atoms with Crippen LogP contribution in [0.15, 0.2) is 28.4 Å². The molecule has 0 saturated heterocycles. The fraction of sp³-hybridized carbons (Fsp3) is 0.0833. The van der Waals surface area contributed by atoms with E-state index in [1.165, 1.54) is 12.1 Å². The van der Waals surface area contributed by atoms with Gasteiger partial charge in [-0.25, -0.2) is 9.59 Å². The molecule has 0 bridgehead atoms. The maximum Gasteiger partial charge on any atom is 0.339 e. The van der Waals surface area contributed by atoms with Gasteiger partial charge in [-0.3, -0.25) is 4.79 Å². The molecule has 0 unspecified atom stereocenters. The number of urea groups is 1. The molecule has 1 aromatic heterocycles. The van der Waals surface area contributed by atoms with E-state index in [2.05, 4.69) is 15.6 Å². The van der Waals surface area contributed by atoms with Crippen molar-refractivity contribution in [1.29, 1.82) is 0 Å². The van der Waals surface area contributed by atoms with Crippen molar-refractivity contribution in [2.45, 2.75) is 6.54 Å². The smallest absolute Gasteiger partial charge is 0.339 e. The molecule has 0 aliphatic rings. The molecule has 0 radical (unpaired) electrons. The number of anilines is 1. The van der Waals surface area contributed by atoms with Crippen LogP contribution >= 0.6 is 11.3 Å². The largest absolute Gasteiger partial charge is 0.507 e. The number of hydrogen-bond acceptors (Lipinski definition) is 5. The molecule has 0 aliphatic heterocycles. The highest BCUT2D eigenvalue weighted by Gasteiger charge is 2.10. The maximum atomic E-state index is 11.6. The third-order valence-corrected chi connectivity index (χ3v) is 3.21. The summed E-state index contributed by atoms with van der Waals surface area (Å²) in [5.74, 6) is -1.70. The van der Waals surface area contributed by atoms with E-state index >= 15 is 0 Å². The number of phenols is 1. The van der Waals surface area contributed by atoms with Crippen LogP contribution in [0.1, 0.15) is 16.1 Å². The zero-order chi connectivity index (χ0) is 15.4. The lowest BCUT2D eigenvalue weighted by Crippen LogP contribution is -2.28. The van der Waals surface area contributed by atoms with Crippen LogP contribution in [0.4, 0.5) is 10.5 Å². The van der Waals surface area contributed by atoms with Crippen LogP contribution in [0.25, 0.3) is 0 Å². The van der Waals surface area contributed by atoms with Crippen LogP contribution in [0.2, 0.25) is 0 Å². The quantitative estimate of drug-likeness (QED) is 0.578. The molecule has 2 amide bonds. The summed E-state index contributed by atoms with van der Waals surface area (Å²) < 4.78 is 0. The molecule has 2 rings (SSSR count). The second kappa shape index (κ2) is 6.09. The first-order valence-electron chi connectivity index (χ1n) is 5.73. The number of benzene rings is 1. The minimum atomic E-state index is -1.26. The van der Waals surface area contributed by atoms with E-state index in [0.29, 0.717) is 5.69 Å². The number of carboxylic acid groups (broad SMARTS) is 1. The predicted molar refractivity (Wildman–Crippen MR) is 75.9 cm³/mol. The van der Waals surface area contributed by atoms with Crippen LogP contribution < -0.4 is 15.5 Å². The number of carboxylic acids is 1. The van der Waals surface area contributed by atoms with Crippen LogP contribution in [-0.2, 0) is 6.54 Å². The van der Waals surface area contributed by atoms with Gasteiger partial charge in [-0.05, 0) is 12.1 Å². The molecule has 9 heteroatoms. The Kier molecular flexibility index (Phi) is 4.24. The number of aromatic carboxylic acids is 1. The molecule has 0 saturated carbocycles. The highest BCUT2D eigenvalue weighted by molar-refractivity contribution is 7.07. The van der Waals surface area contributed by atoms with Gasteiger partial charge in [0.15, 0.2) is 0 Å². The van der Waals surface area contributed by atoms with Gasteiger partial charge in [-0.1, -0.05) is 11.3 Å². The summed E-state index contributed by atoms with van der Waals surface area (Å²) in [6.07, 6.45) is 0. The second-order valence-electron chi connectivity index (χ2n) is 4.02. The topological polar surface area (TPSA) is 132 Å². The van der Waals surface area contributed by atoms with Gasteiger partial charge >= 0.3 is 16.9 Å². The van der Waals surface area contributed by atoms with Gasteiger partial charge in [-0.2, -0.15) is 0 Å². The third-order valence-electron chi connectivity index (χ3n) is 2.50. The lowest BCUT2D eigenvalue weighted by Gasteiger charge is -2.08. The van der Waals surface area contributed by atoms with Crippen molar-refractivity contribution in [3.05, 3.63) is 44.5 Å². The van der Waals surface area contributed by atoms with E-state index in [0.717, 1.165) is 17.4 Å². The van der Waals surface area contributed by atoms with Gasteiger partial charge in [0.1, 0.15) is 11.3 Å². The molecule has 110 valence electrons. The Hall–Kier alpha value is -2.81. The minimum Gasteiger partial charge on any atom is -0.507 e. The number of carbonyl (C=O) groups excluding carboxylic acids is 1. The molecule has 0 fully saturated rings. The molecule has 5 N–H and O–H groups in total. The number of aromatic nitrogens is 1. The van der Waals surface area contributed by atoms with E-state index in [-0.39, 0.29) is 22.7 Å². The first-order valence-corrected chi connectivity index (χ1v) is 6.61. The van der Waals surface area contributed by atoms with Crippen LogP contribution in [0, 0.1) is 0 Å². The number of thiazole rings is 1. The average molecular weight is 309 g/mol. The van der Waals surface area contributed by atoms with Gasteiger partial charge in [-0.15, -0.1) is 0 Å². The van der Waals surface area contributed by atoms with E-state index in [1.807, 2.05) is 0 Å². The first-order chi connectivity index (χ1) is 9.95. The standard InChI is InChI=1S/C12H11N3O5S/c16-9-3-6(1-2-8(9)10(17)18)14-11(19)13-4-7-5-21-12(20)15-7/h1-3,5,16H,4H2,(H,15,20)(H,17,18)(H2,13,14,19). The Morgan fingerprint density at radius 1 is 1.33 bits per heavy atom. The van der Waals surface area contributed by atoms with Crippen molar-refractivity contribution in [3.8, 4) is 5.75 Å². The number of amides is 2. The Balaban J connectivity index is 1.95. The number of hydrogen-bond donors (Lipinski definition) is 5. The maximum absolute atomic E-state index is 11.6. The molecule has 8 nitrogen and oxygen atoms in total. The van der Waals surface area contributed by atoms with Gasteiger partial charge in [0.2, 0.25) is 0 Å². The summed E-state index contributed by atoms with van der Waals surface area (Å²) in [6, 6.07) is 3.12. The molecule has 0 atom stereocenters. The molecule has 0 aliphatic carbocycles. The Morgan fingerprint density at radius 3 is 2.67 bits per heavy atom. The minimum absolute atomic E-state index is 0.143. The highest BCUT2D eigenvalue weighted by Crippen LogP contribution is 2.21. The number of aromatic amines is 1. The summed E-state index contributed by atoms with van der Waals surface area (Å²) in [7, 11) is 0. The number of aromatic hydroxyl groups is 1. The summed E-state index contributed by atoms with van der Waals surface area (Å²) in [6.45, 7) is 0.143.